The van der Waals surface area contributed by atoms with Gasteiger partial charge in [-0.25, -0.2) is 8.91 Å². The van der Waals surface area contributed by atoms with Crippen molar-refractivity contribution in [2.45, 2.75) is 26.8 Å². The second-order valence-corrected chi connectivity index (χ2v) is 9.56. The second-order valence-electron chi connectivity index (χ2n) is 9.56. The van der Waals surface area contributed by atoms with Crippen LogP contribution in [0.15, 0.2) is 67.0 Å². The molecule has 7 nitrogen and oxygen atoms in total. The lowest BCUT2D eigenvalue weighted by atomic mass is 10.0. The monoisotopic (exact) mass is 484 g/mol. The van der Waals surface area contributed by atoms with Gasteiger partial charge in [-0.05, 0) is 65.9 Å². The summed E-state index contributed by atoms with van der Waals surface area (Å²) < 4.78 is 17.3. The normalized spacial score (nSPS) is 12.4. The molecule has 0 fully saturated rings. The number of amides is 1. The number of hydrogen-bond donors (Lipinski definition) is 2. The van der Waals surface area contributed by atoms with Crippen LogP contribution in [-0.2, 0) is 7.05 Å². The van der Waals surface area contributed by atoms with E-state index in [-0.39, 0.29) is 17.8 Å². The van der Waals surface area contributed by atoms with Gasteiger partial charge in [-0.2, -0.15) is 4.98 Å². The molecule has 0 saturated carbocycles. The number of halogens is 1. The van der Waals surface area contributed by atoms with E-state index in [4.69, 9.17) is 0 Å². The van der Waals surface area contributed by atoms with E-state index in [1.165, 1.54) is 12.1 Å². The highest BCUT2D eigenvalue weighted by atomic mass is 19.1. The number of nitrogens with zero attached hydrogens (tertiary/aromatic N) is 4. The highest BCUT2D eigenvalue weighted by molar-refractivity contribution is 6.08. The van der Waals surface area contributed by atoms with E-state index in [1.54, 1.807) is 16.6 Å². The fourth-order valence-electron chi connectivity index (χ4n) is 4.32. The van der Waals surface area contributed by atoms with Crippen molar-refractivity contribution in [1.29, 1.82) is 0 Å². The number of hydrogen-bond acceptors (Lipinski definition) is 4. The first kappa shape index (κ1) is 23.5. The van der Waals surface area contributed by atoms with Gasteiger partial charge in [0, 0.05) is 36.9 Å². The van der Waals surface area contributed by atoms with Crippen molar-refractivity contribution in [1.82, 2.24) is 24.5 Å². The van der Waals surface area contributed by atoms with Gasteiger partial charge in [-0.15, -0.1) is 5.10 Å². The van der Waals surface area contributed by atoms with Crippen LogP contribution in [0.2, 0.25) is 0 Å². The number of carbonyl (C=O) groups is 1. The molecule has 0 spiro atoms. The molecule has 0 radical (unpaired) electrons. The number of aryl methyl sites for hydroxylation is 1. The molecular weight excluding hydrogens is 455 g/mol. The van der Waals surface area contributed by atoms with E-state index in [2.05, 4.69) is 34.6 Å². The predicted octanol–water partition coefficient (Wildman–Crippen LogP) is 5.59. The standard InChI is InChI=1S/C28H29FN6O/c1-17(2)15-30-28-32-26-14-21(10-11-35(26)33-28)20-8-9-25-23(13-20)24(16-34(25)4)27(36)31-18(3)19-6-5-7-22(29)12-19/h5-14,16-18H,15H2,1-4H3,(H,30,33)(H,31,36). The molecule has 0 aliphatic rings. The van der Waals surface area contributed by atoms with Crippen molar-refractivity contribution in [3.63, 3.8) is 0 Å². The smallest absolute Gasteiger partial charge is 0.253 e. The molecule has 8 heteroatoms. The van der Waals surface area contributed by atoms with E-state index < -0.39 is 0 Å². The van der Waals surface area contributed by atoms with Crippen LogP contribution < -0.4 is 10.6 Å². The number of pyridine rings is 1. The lowest BCUT2D eigenvalue weighted by Gasteiger charge is -2.14. The molecule has 36 heavy (non-hydrogen) atoms. The van der Waals surface area contributed by atoms with E-state index in [1.807, 2.05) is 61.3 Å². The molecule has 184 valence electrons. The largest absolute Gasteiger partial charge is 0.353 e. The van der Waals surface area contributed by atoms with Crippen LogP contribution in [-0.4, -0.2) is 31.6 Å². The molecule has 3 heterocycles. The second kappa shape index (κ2) is 9.45. The third-order valence-corrected chi connectivity index (χ3v) is 6.27. The maximum Gasteiger partial charge on any atom is 0.253 e. The molecule has 1 atom stereocenters. The first-order valence-electron chi connectivity index (χ1n) is 12.0. The van der Waals surface area contributed by atoms with E-state index >= 15 is 0 Å². The predicted molar refractivity (Wildman–Crippen MR) is 141 cm³/mol. The summed E-state index contributed by atoms with van der Waals surface area (Å²) in [7, 11) is 1.92. The summed E-state index contributed by atoms with van der Waals surface area (Å²) in [6.07, 6.45) is 3.72. The van der Waals surface area contributed by atoms with Crippen molar-refractivity contribution >= 4 is 28.4 Å². The molecule has 3 aromatic heterocycles. The van der Waals surface area contributed by atoms with Gasteiger partial charge >= 0.3 is 0 Å². The van der Waals surface area contributed by atoms with Gasteiger partial charge < -0.3 is 15.2 Å². The van der Waals surface area contributed by atoms with Gasteiger partial charge in [-0.1, -0.05) is 32.0 Å². The molecule has 0 aliphatic heterocycles. The summed E-state index contributed by atoms with van der Waals surface area (Å²) in [6, 6.07) is 16.0. The zero-order valence-corrected chi connectivity index (χ0v) is 20.8. The fraction of sp³-hybridized carbons (Fsp3) is 0.250. The van der Waals surface area contributed by atoms with Crippen molar-refractivity contribution < 1.29 is 9.18 Å². The number of benzene rings is 2. The van der Waals surface area contributed by atoms with Crippen LogP contribution in [0.5, 0.6) is 0 Å². The Morgan fingerprint density at radius 1 is 1.06 bits per heavy atom. The first-order valence-corrected chi connectivity index (χ1v) is 12.0. The molecular formula is C28H29FN6O. The third kappa shape index (κ3) is 4.66. The summed E-state index contributed by atoms with van der Waals surface area (Å²) in [5, 5.41) is 11.6. The zero-order valence-electron chi connectivity index (χ0n) is 20.8. The molecule has 2 aromatic carbocycles. The van der Waals surface area contributed by atoms with Crippen molar-refractivity contribution in [3.05, 3.63) is 83.9 Å². The highest BCUT2D eigenvalue weighted by Crippen LogP contribution is 2.29. The zero-order chi connectivity index (χ0) is 25.4. The third-order valence-electron chi connectivity index (χ3n) is 6.27. The lowest BCUT2D eigenvalue weighted by Crippen LogP contribution is -2.26. The molecule has 0 saturated heterocycles. The van der Waals surface area contributed by atoms with Gasteiger partial charge in [0.1, 0.15) is 5.82 Å². The molecule has 5 rings (SSSR count). The summed E-state index contributed by atoms with van der Waals surface area (Å²) in [5.74, 6) is 0.568. The van der Waals surface area contributed by atoms with E-state index in [9.17, 15) is 9.18 Å². The molecule has 1 unspecified atom stereocenters. The van der Waals surface area contributed by atoms with Gasteiger partial charge in [0.15, 0.2) is 5.65 Å². The van der Waals surface area contributed by atoms with E-state index in [0.29, 0.717) is 23.0 Å². The minimum Gasteiger partial charge on any atom is -0.353 e. The average molecular weight is 485 g/mol. The Hall–Kier alpha value is -4.20. The van der Waals surface area contributed by atoms with Crippen LogP contribution in [0.3, 0.4) is 0 Å². The fourth-order valence-corrected chi connectivity index (χ4v) is 4.32. The summed E-state index contributed by atoms with van der Waals surface area (Å²) >= 11 is 0. The quantitative estimate of drug-likeness (QED) is 0.316. The number of aromatic nitrogens is 4. The highest BCUT2D eigenvalue weighted by Gasteiger charge is 2.18. The maximum atomic E-state index is 13.6. The van der Waals surface area contributed by atoms with Crippen LogP contribution >= 0.6 is 0 Å². The Balaban J connectivity index is 1.45. The minimum atomic E-state index is -0.333. The summed E-state index contributed by atoms with van der Waals surface area (Å²) in [5.41, 5.74) is 4.94. The Bertz CT molecular complexity index is 1570. The number of rotatable bonds is 7. The average Bonchev–Trinajstić information content (AvgIpc) is 3.42. The van der Waals surface area contributed by atoms with Crippen LogP contribution in [0.4, 0.5) is 10.3 Å². The maximum absolute atomic E-state index is 13.6. The van der Waals surface area contributed by atoms with Crippen molar-refractivity contribution in [2.75, 3.05) is 11.9 Å². The molecule has 5 aromatic rings. The summed E-state index contributed by atoms with van der Waals surface area (Å²) in [4.78, 5) is 17.8. The number of anilines is 1. The van der Waals surface area contributed by atoms with Crippen LogP contribution in [0.1, 0.15) is 42.7 Å². The Labute approximate surface area is 209 Å². The Morgan fingerprint density at radius 3 is 2.64 bits per heavy atom. The van der Waals surface area contributed by atoms with Gasteiger partial charge in [-0.3, -0.25) is 4.79 Å². The Morgan fingerprint density at radius 2 is 1.86 bits per heavy atom. The van der Waals surface area contributed by atoms with Crippen molar-refractivity contribution in [3.8, 4) is 11.1 Å². The minimum absolute atomic E-state index is 0.205. The van der Waals surface area contributed by atoms with Crippen LogP contribution in [0.25, 0.3) is 27.7 Å². The first-order chi connectivity index (χ1) is 17.3. The number of fused-ring (bicyclic) bond motifs is 2. The molecule has 2 N–H and O–H groups in total. The van der Waals surface area contributed by atoms with Crippen LogP contribution in [0, 0.1) is 11.7 Å². The van der Waals surface area contributed by atoms with Gasteiger partial charge in [0.25, 0.3) is 5.91 Å². The topological polar surface area (TPSA) is 76.2 Å². The number of nitrogens with one attached hydrogen (secondary N) is 2. The Kier molecular flexibility index (Phi) is 6.18. The van der Waals surface area contributed by atoms with Gasteiger partial charge in [0.05, 0.1) is 11.6 Å². The molecule has 0 bridgehead atoms. The number of carbonyl (C=O) groups excluding carboxylic acids is 1. The van der Waals surface area contributed by atoms with E-state index in [0.717, 1.165) is 34.2 Å². The van der Waals surface area contributed by atoms with Gasteiger partial charge in [0.2, 0.25) is 5.95 Å². The SMILES string of the molecule is CC(C)CNc1nc2cc(-c3ccc4c(c3)c(C(=O)NC(C)c3cccc(F)c3)cn4C)ccn2n1. The lowest BCUT2D eigenvalue weighted by molar-refractivity contribution is 0.0941. The molecule has 1 amide bonds. The summed E-state index contributed by atoms with van der Waals surface area (Å²) in [6.45, 7) is 6.92. The van der Waals surface area contributed by atoms with Crippen molar-refractivity contribution in [2.24, 2.45) is 13.0 Å². The molecule has 0 aliphatic carbocycles.